The summed E-state index contributed by atoms with van der Waals surface area (Å²) in [5.74, 6) is -1.09. The molecular weight excluding hydrogens is 394 g/mol. The number of H-pyrrole nitrogens is 1. The molecule has 9 heteroatoms. The van der Waals surface area contributed by atoms with E-state index in [9.17, 15) is 8.78 Å². The van der Waals surface area contributed by atoms with Crippen molar-refractivity contribution in [3.8, 4) is 0 Å². The Morgan fingerprint density at radius 1 is 1.07 bits per heavy atom. The van der Waals surface area contributed by atoms with Crippen LogP contribution in [-0.4, -0.2) is 68.8 Å². The van der Waals surface area contributed by atoms with Gasteiger partial charge < -0.3 is 14.5 Å². The zero-order valence-corrected chi connectivity index (χ0v) is 17.5. The van der Waals surface area contributed by atoms with Crippen molar-refractivity contribution in [2.75, 3.05) is 39.5 Å². The second kappa shape index (κ2) is 10.5. The fourth-order valence-corrected chi connectivity index (χ4v) is 3.47. The van der Waals surface area contributed by atoms with Crippen LogP contribution in [0.5, 0.6) is 0 Å². The number of aromatic amines is 1. The van der Waals surface area contributed by atoms with Crippen LogP contribution in [0.15, 0.2) is 48.3 Å². The van der Waals surface area contributed by atoms with Gasteiger partial charge in [0.05, 0.1) is 12.0 Å². The summed E-state index contributed by atoms with van der Waals surface area (Å²) in [7, 11) is 2.13. The Labute approximate surface area is 174 Å². The Hall–Kier alpha value is -2.23. The van der Waals surface area contributed by atoms with Gasteiger partial charge in [0.25, 0.3) is 0 Å². The molecular formula is C20H26F2N6S. The van der Waals surface area contributed by atoms with Crippen molar-refractivity contribution < 1.29 is 8.78 Å². The molecule has 4 rings (SSSR count). The topological polar surface area (TPSA) is 53.0 Å². The summed E-state index contributed by atoms with van der Waals surface area (Å²) in [5.41, 5.74) is 1.67. The smallest absolute Gasteiger partial charge is 0.164 e. The van der Waals surface area contributed by atoms with Crippen LogP contribution in [0, 0.1) is 11.6 Å². The lowest BCUT2D eigenvalue weighted by atomic mass is 10.2. The van der Waals surface area contributed by atoms with E-state index >= 15 is 0 Å². The van der Waals surface area contributed by atoms with Crippen LogP contribution in [-0.2, 0) is 13.1 Å². The molecule has 0 atom stereocenters. The van der Waals surface area contributed by atoms with Crippen molar-refractivity contribution in [3.63, 3.8) is 0 Å². The lowest BCUT2D eigenvalue weighted by Crippen LogP contribution is -2.44. The number of benzene rings is 1. The van der Waals surface area contributed by atoms with E-state index in [2.05, 4.69) is 31.8 Å². The van der Waals surface area contributed by atoms with Crippen molar-refractivity contribution in [2.45, 2.75) is 18.2 Å². The summed E-state index contributed by atoms with van der Waals surface area (Å²) in [4.78, 5) is 15.7. The summed E-state index contributed by atoms with van der Waals surface area (Å²) in [5, 5.41) is 0.972. The van der Waals surface area contributed by atoms with E-state index in [0.29, 0.717) is 12.1 Å². The van der Waals surface area contributed by atoms with Gasteiger partial charge in [0, 0.05) is 63.9 Å². The first-order valence-corrected chi connectivity index (χ1v) is 10.6. The molecule has 3 aromatic rings. The Kier molecular flexibility index (Phi) is 7.79. The summed E-state index contributed by atoms with van der Waals surface area (Å²) < 4.78 is 28.5. The number of imidazole rings is 2. The van der Waals surface area contributed by atoms with Crippen molar-refractivity contribution in [2.24, 2.45) is 0 Å². The maximum absolute atomic E-state index is 13.3. The summed E-state index contributed by atoms with van der Waals surface area (Å²) in [6, 6.07) is 3.62. The minimum absolute atomic E-state index is 0.428. The average Bonchev–Trinajstić information content (AvgIpc) is 3.36. The van der Waals surface area contributed by atoms with Crippen LogP contribution in [0.4, 0.5) is 8.78 Å². The summed E-state index contributed by atoms with van der Waals surface area (Å²) >= 11 is 1.61. The average molecular weight is 421 g/mol. The van der Waals surface area contributed by atoms with Gasteiger partial charge in [-0.3, -0.25) is 4.90 Å². The van der Waals surface area contributed by atoms with Gasteiger partial charge in [-0.05, 0) is 31.0 Å². The molecule has 1 aliphatic rings. The van der Waals surface area contributed by atoms with E-state index < -0.39 is 11.6 Å². The highest BCUT2D eigenvalue weighted by atomic mass is 32.2. The zero-order valence-electron chi connectivity index (χ0n) is 16.7. The lowest BCUT2D eigenvalue weighted by molar-refractivity contribution is 0.145. The van der Waals surface area contributed by atoms with Crippen molar-refractivity contribution in [3.05, 3.63) is 66.0 Å². The molecule has 1 fully saturated rings. The normalized spacial score (nSPS) is 15.2. The highest BCUT2D eigenvalue weighted by Gasteiger charge is 2.15. The maximum atomic E-state index is 13.3. The third kappa shape index (κ3) is 6.66. The predicted octanol–water partition coefficient (Wildman–Crippen LogP) is 3.09. The zero-order chi connectivity index (χ0) is 20.6. The third-order valence-corrected chi connectivity index (χ3v) is 5.33. The largest absolute Gasteiger partial charge is 0.340 e. The van der Waals surface area contributed by atoms with Crippen LogP contribution in [0.25, 0.3) is 0 Å². The van der Waals surface area contributed by atoms with E-state index in [1.165, 1.54) is 12.1 Å². The molecule has 1 aliphatic heterocycles. The van der Waals surface area contributed by atoms with E-state index in [4.69, 9.17) is 0 Å². The number of rotatable bonds is 5. The van der Waals surface area contributed by atoms with Gasteiger partial charge in [-0.1, -0.05) is 11.8 Å². The fourth-order valence-electron chi connectivity index (χ4n) is 3.12. The Balaban J connectivity index is 0.000000290. The van der Waals surface area contributed by atoms with Gasteiger partial charge in [-0.2, -0.15) is 0 Å². The first-order chi connectivity index (χ1) is 14.0. The molecule has 156 valence electrons. The second-order valence-corrected chi connectivity index (χ2v) is 7.76. The molecule has 0 aliphatic carbocycles. The number of thioether (sulfide) groups is 1. The van der Waals surface area contributed by atoms with Crippen LogP contribution in [0.3, 0.4) is 0 Å². The number of halogens is 2. The lowest BCUT2D eigenvalue weighted by Gasteiger charge is -2.32. The molecule has 0 bridgehead atoms. The van der Waals surface area contributed by atoms with E-state index in [0.717, 1.165) is 49.6 Å². The Bertz CT molecular complexity index is 855. The van der Waals surface area contributed by atoms with Crippen molar-refractivity contribution in [1.82, 2.24) is 29.3 Å². The first-order valence-electron chi connectivity index (χ1n) is 9.41. The molecule has 0 amide bonds. The van der Waals surface area contributed by atoms with E-state index in [1.807, 2.05) is 23.2 Å². The minimum atomic E-state index is -0.546. The number of aromatic nitrogens is 4. The molecule has 0 spiro atoms. The van der Waals surface area contributed by atoms with Gasteiger partial charge >= 0.3 is 0 Å². The quantitative estimate of drug-likeness (QED) is 0.643. The standard InChI is InChI=1S/C16H20F2N4.C4H6N2S/c1-20-2-4-21(5-3-20)11-16-9-19-12-22(16)10-13-6-14(17)8-15(18)7-13;1-7-4-5-2-3-6-4/h6-9,12H,2-5,10-11H2,1H3;2-3H,1H3,(H,5,6). The molecule has 1 N–H and O–H groups in total. The number of nitrogens with one attached hydrogen (secondary N) is 1. The third-order valence-electron chi connectivity index (χ3n) is 4.72. The number of piperazine rings is 1. The summed E-state index contributed by atoms with van der Waals surface area (Å²) in [6.07, 6.45) is 9.08. The number of hydrogen-bond donors (Lipinski definition) is 1. The molecule has 1 saturated heterocycles. The Morgan fingerprint density at radius 3 is 2.38 bits per heavy atom. The van der Waals surface area contributed by atoms with Crippen LogP contribution < -0.4 is 0 Å². The summed E-state index contributed by atoms with van der Waals surface area (Å²) in [6.45, 7) is 5.41. The number of nitrogens with zero attached hydrogens (tertiary/aromatic N) is 5. The molecule has 6 nitrogen and oxygen atoms in total. The SMILES string of the molecule is CN1CCN(Cc2cncn2Cc2cc(F)cc(F)c2)CC1.CSc1ncc[nH]1. The van der Waals surface area contributed by atoms with Gasteiger partial charge in [0.2, 0.25) is 0 Å². The molecule has 0 saturated carbocycles. The molecule has 3 heterocycles. The van der Waals surface area contributed by atoms with Crippen LogP contribution >= 0.6 is 11.8 Å². The molecule has 1 aromatic carbocycles. The minimum Gasteiger partial charge on any atom is -0.340 e. The Morgan fingerprint density at radius 2 is 1.79 bits per heavy atom. The van der Waals surface area contributed by atoms with Gasteiger partial charge in [-0.15, -0.1) is 0 Å². The second-order valence-electron chi connectivity index (χ2n) is 6.97. The highest BCUT2D eigenvalue weighted by molar-refractivity contribution is 7.98. The fraction of sp³-hybridized carbons (Fsp3) is 0.400. The van der Waals surface area contributed by atoms with Gasteiger partial charge in [0.1, 0.15) is 11.6 Å². The van der Waals surface area contributed by atoms with Crippen molar-refractivity contribution in [1.29, 1.82) is 0 Å². The van der Waals surface area contributed by atoms with Crippen LogP contribution in [0.2, 0.25) is 0 Å². The van der Waals surface area contributed by atoms with Gasteiger partial charge in [0.15, 0.2) is 5.16 Å². The number of likely N-dealkylation sites (N-methyl/N-ethyl adjacent to an activating group) is 1. The maximum Gasteiger partial charge on any atom is 0.164 e. The molecule has 0 radical (unpaired) electrons. The van der Waals surface area contributed by atoms with Crippen molar-refractivity contribution >= 4 is 11.8 Å². The molecule has 29 heavy (non-hydrogen) atoms. The first kappa shape index (κ1) is 21.5. The monoisotopic (exact) mass is 420 g/mol. The molecule has 2 aromatic heterocycles. The predicted molar refractivity (Wildman–Crippen MR) is 111 cm³/mol. The van der Waals surface area contributed by atoms with Gasteiger partial charge in [-0.25, -0.2) is 18.7 Å². The highest BCUT2D eigenvalue weighted by Crippen LogP contribution is 2.13. The van der Waals surface area contributed by atoms with E-state index in [-0.39, 0.29) is 0 Å². The molecule has 0 unspecified atom stereocenters. The van der Waals surface area contributed by atoms with Crippen LogP contribution in [0.1, 0.15) is 11.3 Å². The number of hydrogen-bond acceptors (Lipinski definition) is 5. The van der Waals surface area contributed by atoms with E-state index in [1.54, 1.807) is 24.3 Å².